The Balaban J connectivity index is 1.78. The van der Waals surface area contributed by atoms with Gasteiger partial charge in [-0.25, -0.2) is 13.4 Å². The van der Waals surface area contributed by atoms with Gasteiger partial charge in [0, 0.05) is 12.5 Å². The second-order valence-electron chi connectivity index (χ2n) is 5.17. The Labute approximate surface area is 117 Å². The highest BCUT2D eigenvalue weighted by atomic mass is 32.2. The molecule has 6 nitrogen and oxygen atoms in total. The van der Waals surface area contributed by atoms with E-state index < -0.39 is 9.84 Å². The summed E-state index contributed by atoms with van der Waals surface area (Å²) in [6.45, 7) is 0. The summed E-state index contributed by atoms with van der Waals surface area (Å²) in [6, 6.07) is 5.59. The molecule has 0 radical (unpaired) electrons. The maximum absolute atomic E-state index is 11.4. The van der Waals surface area contributed by atoms with Gasteiger partial charge in [-0.2, -0.15) is 4.52 Å². The average molecular weight is 295 g/mol. The van der Waals surface area contributed by atoms with Crippen molar-refractivity contribution in [3.63, 3.8) is 0 Å². The number of rotatable bonds is 3. The molecule has 0 atom stereocenters. The van der Waals surface area contributed by atoms with E-state index in [9.17, 15) is 8.42 Å². The SMILES string of the molecule is COc1cccc2nc(CC3CCS(=O)(=O)CC3)nn12. The number of hydrogen-bond acceptors (Lipinski definition) is 5. The molecule has 3 rings (SSSR count). The Hall–Kier alpha value is -1.63. The normalized spacial score (nSPS) is 19.2. The van der Waals surface area contributed by atoms with Crippen LogP contribution in [0.3, 0.4) is 0 Å². The average Bonchev–Trinajstić information content (AvgIpc) is 2.83. The van der Waals surface area contributed by atoms with Crippen LogP contribution in [0.25, 0.3) is 5.65 Å². The molecule has 0 unspecified atom stereocenters. The summed E-state index contributed by atoms with van der Waals surface area (Å²) in [6.07, 6.45) is 2.13. The van der Waals surface area contributed by atoms with Gasteiger partial charge in [-0.15, -0.1) is 5.10 Å². The van der Waals surface area contributed by atoms with E-state index in [4.69, 9.17) is 4.74 Å². The van der Waals surface area contributed by atoms with Gasteiger partial charge in [-0.05, 0) is 24.8 Å². The van der Waals surface area contributed by atoms with Gasteiger partial charge in [-0.1, -0.05) is 6.07 Å². The number of ether oxygens (including phenoxy) is 1. The molecule has 0 spiro atoms. The number of fused-ring (bicyclic) bond motifs is 1. The van der Waals surface area contributed by atoms with Crippen molar-refractivity contribution in [2.45, 2.75) is 19.3 Å². The number of nitrogens with zero attached hydrogens (tertiary/aromatic N) is 3. The second kappa shape index (κ2) is 5.05. The van der Waals surface area contributed by atoms with E-state index in [1.807, 2.05) is 18.2 Å². The molecule has 1 aliphatic heterocycles. The smallest absolute Gasteiger partial charge is 0.216 e. The molecule has 1 saturated heterocycles. The molecule has 0 amide bonds. The van der Waals surface area contributed by atoms with Crippen LogP contribution >= 0.6 is 0 Å². The van der Waals surface area contributed by atoms with E-state index in [-0.39, 0.29) is 11.5 Å². The Kier molecular flexibility index (Phi) is 3.37. The summed E-state index contributed by atoms with van der Waals surface area (Å²) in [7, 11) is -1.21. The number of aromatic nitrogens is 3. The van der Waals surface area contributed by atoms with Crippen molar-refractivity contribution in [2.24, 2.45) is 5.92 Å². The number of sulfone groups is 1. The largest absolute Gasteiger partial charge is 0.481 e. The van der Waals surface area contributed by atoms with Crippen LogP contribution in [-0.4, -0.2) is 41.6 Å². The fraction of sp³-hybridized carbons (Fsp3) is 0.538. The first kappa shape index (κ1) is 13.4. The highest BCUT2D eigenvalue weighted by molar-refractivity contribution is 7.91. The predicted molar refractivity (Wildman–Crippen MR) is 74.6 cm³/mol. The van der Waals surface area contributed by atoms with Gasteiger partial charge >= 0.3 is 0 Å². The van der Waals surface area contributed by atoms with E-state index in [2.05, 4.69) is 10.1 Å². The molecule has 7 heteroatoms. The molecule has 108 valence electrons. The molecule has 0 bridgehead atoms. The minimum Gasteiger partial charge on any atom is -0.481 e. The minimum atomic E-state index is -2.81. The minimum absolute atomic E-state index is 0.286. The fourth-order valence-corrected chi connectivity index (χ4v) is 4.16. The molecule has 1 fully saturated rings. The number of hydrogen-bond donors (Lipinski definition) is 0. The zero-order chi connectivity index (χ0) is 14.2. The van der Waals surface area contributed by atoms with E-state index in [0.29, 0.717) is 24.6 Å². The molecular formula is C13H17N3O3S. The van der Waals surface area contributed by atoms with Crippen molar-refractivity contribution in [2.75, 3.05) is 18.6 Å². The summed E-state index contributed by atoms with van der Waals surface area (Å²) in [5.41, 5.74) is 0.753. The van der Waals surface area contributed by atoms with Crippen LogP contribution < -0.4 is 4.74 Å². The summed E-state index contributed by atoms with van der Waals surface area (Å²) >= 11 is 0. The topological polar surface area (TPSA) is 73.6 Å². The molecule has 1 aliphatic rings. The third-order valence-corrected chi connectivity index (χ3v) is 5.44. The molecule has 0 aliphatic carbocycles. The molecule has 3 heterocycles. The Bertz CT molecular complexity index is 710. The standard InChI is InChI=1S/C13H17N3O3S/c1-19-13-4-2-3-12-14-11(15-16(12)13)9-10-5-7-20(17,18)8-6-10/h2-4,10H,5-9H2,1H3. The molecule has 0 N–H and O–H groups in total. The van der Waals surface area contributed by atoms with Crippen LogP contribution in [0.4, 0.5) is 0 Å². The van der Waals surface area contributed by atoms with Gasteiger partial charge in [0.2, 0.25) is 5.88 Å². The molecule has 20 heavy (non-hydrogen) atoms. The first-order chi connectivity index (χ1) is 9.57. The molecule has 2 aromatic heterocycles. The monoisotopic (exact) mass is 295 g/mol. The lowest BCUT2D eigenvalue weighted by atomic mass is 9.99. The van der Waals surface area contributed by atoms with E-state index in [1.165, 1.54) is 0 Å². The van der Waals surface area contributed by atoms with Crippen LogP contribution in [0.5, 0.6) is 5.88 Å². The van der Waals surface area contributed by atoms with Crippen molar-refractivity contribution in [1.82, 2.24) is 14.6 Å². The maximum Gasteiger partial charge on any atom is 0.216 e. The summed E-state index contributed by atoms with van der Waals surface area (Å²) in [5.74, 6) is 2.32. The highest BCUT2D eigenvalue weighted by Crippen LogP contribution is 2.22. The lowest BCUT2D eigenvalue weighted by molar-refractivity contribution is 0.384. The van der Waals surface area contributed by atoms with Crippen molar-refractivity contribution < 1.29 is 13.2 Å². The number of pyridine rings is 1. The molecule has 0 aromatic carbocycles. The molecule has 0 saturated carbocycles. The summed E-state index contributed by atoms with van der Waals surface area (Å²) < 4.78 is 29.8. The maximum atomic E-state index is 11.4. The lowest BCUT2D eigenvalue weighted by Crippen LogP contribution is -2.24. The quantitative estimate of drug-likeness (QED) is 0.848. The van der Waals surface area contributed by atoms with Crippen molar-refractivity contribution in [3.05, 3.63) is 24.0 Å². The highest BCUT2D eigenvalue weighted by Gasteiger charge is 2.24. The zero-order valence-corrected chi connectivity index (χ0v) is 12.1. The van der Waals surface area contributed by atoms with Crippen molar-refractivity contribution in [3.8, 4) is 5.88 Å². The third kappa shape index (κ3) is 2.63. The van der Waals surface area contributed by atoms with Crippen molar-refractivity contribution in [1.29, 1.82) is 0 Å². The van der Waals surface area contributed by atoms with Gasteiger partial charge in [0.25, 0.3) is 0 Å². The van der Waals surface area contributed by atoms with Gasteiger partial charge in [0.1, 0.15) is 9.84 Å². The second-order valence-corrected chi connectivity index (χ2v) is 7.47. The van der Waals surface area contributed by atoms with E-state index in [0.717, 1.165) is 17.9 Å². The van der Waals surface area contributed by atoms with Crippen LogP contribution in [0.15, 0.2) is 18.2 Å². The fourth-order valence-electron chi connectivity index (χ4n) is 2.57. The number of methoxy groups -OCH3 is 1. The first-order valence-electron chi connectivity index (χ1n) is 6.66. The molecular weight excluding hydrogens is 278 g/mol. The Morgan fingerprint density at radius 3 is 2.80 bits per heavy atom. The molecule has 2 aromatic rings. The van der Waals surface area contributed by atoms with E-state index in [1.54, 1.807) is 11.6 Å². The first-order valence-corrected chi connectivity index (χ1v) is 8.48. The third-order valence-electron chi connectivity index (χ3n) is 3.72. The lowest BCUT2D eigenvalue weighted by Gasteiger charge is -2.20. The Morgan fingerprint density at radius 2 is 2.10 bits per heavy atom. The summed E-state index contributed by atoms with van der Waals surface area (Å²) in [4.78, 5) is 4.47. The van der Waals surface area contributed by atoms with Gasteiger partial charge in [0.05, 0.1) is 18.6 Å². The van der Waals surface area contributed by atoms with Crippen molar-refractivity contribution >= 4 is 15.5 Å². The predicted octanol–water partition coefficient (Wildman–Crippen LogP) is 1.11. The van der Waals surface area contributed by atoms with Crippen LogP contribution in [-0.2, 0) is 16.3 Å². The van der Waals surface area contributed by atoms with E-state index >= 15 is 0 Å². The van der Waals surface area contributed by atoms with Gasteiger partial charge < -0.3 is 4.74 Å². The summed E-state index contributed by atoms with van der Waals surface area (Å²) in [5, 5.41) is 4.45. The van der Waals surface area contributed by atoms with Crippen LogP contribution in [0, 0.1) is 5.92 Å². The van der Waals surface area contributed by atoms with Gasteiger partial charge in [0.15, 0.2) is 11.5 Å². The van der Waals surface area contributed by atoms with Crippen LogP contribution in [0.1, 0.15) is 18.7 Å². The van der Waals surface area contributed by atoms with Gasteiger partial charge in [-0.3, -0.25) is 0 Å². The van der Waals surface area contributed by atoms with Crippen LogP contribution in [0.2, 0.25) is 0 Å². The zero-order valence-electron chi connectivity index (χ0n) is 11.3. The Morgan fingerprint density at radius 1 is 1.35 bits per heavy atom.